The number of carbonyl (C=O) groups is 1. The van der Waals surface area contributed by atoms with Gasteiger partial charge in [0.25, 0.3) is 0 Å². The van der Waals surface area contributed by atoms with Crippen molar-refractivity contribution in [3.8, 4) is 0 Å². The first-order valence-corrected chi connectivity index (χ1v) is 6.18. The highest BCUT2D eigenvalue weighted by Crippen LogP contribution is 2.14. The summed E-state index contributed by atoms with van der Waals surface area (Å²) < 4.78 is 0. The van der Waals surface area contributed by atoms with Crippen LogP contribution in [0.5, 0.6) is 0 Å². The van der Waals surface area contributed by atoms with Crippen LogP contribution >= 0.6 is 12.4 Å². The fourth-order valence-electron chi connectivity index (χ4n) is 1.86. The van der Waals surface area contributed by atoms with E-state index in [4.69, 9.17) is 0 Å². The highest BCUT2D eigenvalue weighted by Gasteiger charge is 2.24. The lowest BCUT2D eigenvalue weighted by Crippen LogP contribution is -2.50. The zero-order chi connectivity index (χ0) is 12.1. The van der Waals surface area contributed by atoms with Gasteiger partial charge in [-0.05, 0) is 46.3 Å². The van der Waals surface area contributed by atoms with Gasteiger partial charge in [0.2, 0.25) is 5.91 Å². The van der Waals surface area contributed by atoms with Crippen molar-refractivity contribution in [3.63, 3.8) is 0 Å². The minimum absolute atomic E-state index is 0. The lowest BCUT2D eigenvalue weighted by atomic mass is 9.94. The van der Waals surface area contributed by atoms with Crippen molar-refractivity contribution < 1.29 is 4.79 Å². The van der Waals surface area contributed by atoms with E-state index in [9.17, 15) is 4.79 Å². The summed E-state index contributed by atoms with van der Waals surface area (Å²) in [6.07, 6.45) is 2.14. The number of likely N-dealkylation sites (N-methyl/N-ethyl adjacent to an activating group) is 1. The van der Waals surface area contributed by atoms with E-state index in [-0.39, 0.29) is 24.4 Å². The lowest BCUT2D eigenvalue weighted by molar-refractivity contribution is -0.124. The van der Waals surface area contributed by atoms with Crippen LogP contribution < -0.4 is 10.6 Å². The Labute approximate surface area is 111 Å². The Morgan fingerprint density at radius 1 is 1.53 bits per heavy atom. The zero-order valence-electron chi connectivity index (χ0n) is 11.3. The molecule has 1 aliphatic heterocycles. The molecule has 3 atom stereocenters. The molecular formula is C12H26ClN3O. The summed E-state index contributed by atoms with van der Waals surface area (Å²) in [5.41, 5.74) is 0. The zero-order valence-corrected chi connectivity index (χ0v) is 12.1. The summed E-state index contributed by atoms with van der Waals surface area (Å²) in [4.78, 5) is 14.0. The van der Waals surface area contributed by atoms with Gasteiger partial charge in [-0.3, -0.25) is 4.79 Å². The second-order valence-corrected chi connectivity index (χ2v) is 5.19. The molecule has 0 aromatic rings. The molecule has 1 amide bonds. The molecule has 0 aromatic heterocycles. The van der Waals surface area contributed by atoms with Crippen molar-refractivity contribution in [3.05, 3.63) is 0 Å². The van der Waals surface area contributed by atoms with Crippen LogP contribution in [0.3, 0.4) is 0 Å². The van der Waals surface area contributed by atoms with Crippen molar-refractivity contribution in [1.29, 1.82) is 0 Å². The van der Waals surface area contributed by atoms with Crippen LogP contribution in [0.4, 0.5) is 0 Å². The van der Waals surface area contributed by atoms with Crippen molar-refractivity contribution in [2.75, 3.05) is 27.2 Å². The Hall–Kier alpha value is -0.320. The van der Waals surface area contributed by atoms with E-state index in [1.54, 1.807) is 0 Å². The number of carbonyl (C=O) groups excluding carboxylic acids is 1. The van der Waals surface area contributed by atoms with Crippen molar-refractivity contribution in [2.45, 2.75) is 38.8 Å². The van der Waals surface area contributed by atoms with Gasteiger partial charge < -0.3 is 15.5 Å². The van der Waals surface area contributed by atoms with Gasteiger partial charge in [0.05, 0.1) is 6.04 Å². The predicted octanol–water partition coefficient (Wildman–Crippen LogP) is 0.863. The van der Waals surface area contributed by atoms with Gasteiger partial charge in [-0.2, -0.15) is 0 Å². The molecule has 2 N–H and O–H groups in total. The van der Waals surface area contributed by atoms with Crippen LogP contribution in [0, 0.1) is 5.92 Å². The third-order valence-electron chi connectivity index (χ3n) is 3.44. The molecule has 0 bridgehead atoms. The summed E-state index contributed by atoms with van der Waals surface area (Å²) in [6, 6.07) is 0.392. The fourth-order valence-corrected chi connectivity index (χ4v) is 1.86. The van der Waals surface area contributed by atoms with E-state index >= 15 is 0 Å². The molecule has 5 heteroatoms. The van der Waals surface area contributed by atoms with Crippen molar-refractivity contribution in [2.24, 2.45) is 5.92 Å². The Kier molecular flexibility index (Phi) is 7.75. The molecule has 0 aromatic carbocycles. The molecule has 0 aliphatic carbocycles. The first kappa shape index (κ1) is 16.7. The quantitative estimate of drug-likeness (QED) is 0.791. The number of nitrogens with one attached hydrogen (secondary N) is 2. The number of hydrogen-bond donors (Lipinski definition) is 2. The molecule has 1 heterocycles. The Morgan fingerprint density at radius 2 is 2.18 bits per heavy atom. The van der Waals surface area contributed by atoms with Crippen LogP contribution in [0.1, 0.15) is 26.7 Å². The molecule has 1 saturated heterocycles. The first-order valence-electron chi connectivity index (χ1n) is 6.18. The van der Waals surface area contributed by atoms with Crippen LogP contribution in [0.25, 0.3) is 0 Å². The standard InChI is InChI=1S/C12H25N3O.ClH/c1-9-5-6-13-11(7-9)12(16)14-8-10(2)15(3)4;/h9-11,13H,5-8H2,1-4H3,(H,14,16);1H. The van der Waals surface area contributed by atoms with Crippen molar-refractivity contribution >= 4 is 18.3 Å². The molecule has 4 nitrogen and oxygen atoms in total. The Balaban J connectivity index is 0.00000256. The minimum atomic E-state index is 0. The van der Waals surface area contributed by atoms with Crippen LogP contribution in [-0.2, 0) is 4.79 Å². The second kappa shape index (κ2) is 7.90. The number of rotatable bonds is 4. The average Bonchev–Trinajstić information content (AvgIpc) is 2.25. The molecule has 102 valence electrons. The highest BCUT2D eigenvalue weighted by atomic mass is 35.5. The number of amides is 1. The van der Waals surface area contributed by atoms with E-state index in [0.29, 0.717) is 12.0 Å². The van der Waals surface area contributed by atoms with E-state index in [1.807, 2.05) is 14.1 Å². The summed E-state index contributed by atoms with van der Waals surface area (Å²) in [5.74, 6) is 0.809. The summed E-state index contributed by atoms with van der Waals surface area (Å²) in [5, 5.41) is 6.29. The third-order valence-corrected chi connectivity index (χ3v) is 3.44. The van der Waals surface area contributed by atoms with E-state index in [0.717, 1.165) is 19.5 Å². The topological polar surface area (TPSA) is 44.4 Å². The molecule has 17 heavy (non-hydrogen) atoms. The van der Waals surface area contributed by atoms with Crippen molar-refractivity contribution in [1.82, 2.24) is 15.5 Å². The lowest BCUT2D eigenvalue weighted by Gasteiger charge is -2.28. The number of hydrogen-bond acceptors (Lipinski definition) is 3. The van der Waals surface area contributed by atoms with Gasteiger partial charge in [0.15, 0.2) is 0 Å². The van der Waals surface area contributed by atoms with Gasteiger partial charge in [-0.15, -0.1) is 12.4 Å². The van der Waals surface area contributed by atoms with Gasteiger partial charge in [0, 0.05) is 12.6 Å². The molecule has 0 saturated carbocycles. The second-order valence-electron chi connectivity index (χ2n) is 5.19. The van der Waals surface area contributed by atoms with Crippen LogP contribution in [-0.4, -0.2) is 50.1 Å². The van der Waals surface area contributed by atoms with E-state index in [1.165, 1.54) is 6.42 Å². The maximum atomic E-state index is 11.9. The molecule has 1 fully saturated rings. The van der Waals surface area contributed by atoms with Gasteiger partial charge in [-0.25, -0.2) is 0 Å². The largest absolute Gasteiger partial charge is 0.353 e. The molecule has 1 aliphatic rings. The number of piperidine rings is 1. The Bertz CT molecular complexity index is 236. The summed E-state index contributed by atoms with van der Waals surface area (Å²) in [6.45, 7) is 6.00. The average molecular weight is 264 g/mol. The first-order chi connectivity index (χ1) is 7.50. The number of halogens is 1. The fraction of sp³-hybridized carbons (Fsp3) is 0.917. The summed E-state index contributed by atoms with van der Waals surface area (Å²) >= 11 is 0. The highest BCUT2D eigenvalue weighted by molar-refractivity contribution is 5.85. The smallest absolute Gasteiger partial charge is 0.237 e. The molecule has 0 radical (unpaired) electrons. The summed E-state index contributed by atoms with van der Waals surface area (Å²) in [7, 11) is 4.05. The van der Waals surface area contributed by atoms with Crippen LogP contribution in [0.2, 0.25) is 0 Å². The van der Waals surface area contributed by atoms with Gasteiger partial charge >= 0.3 is 0 Å². The predicted molar refractivity (Wildman–Crippen MR) is 73.6 cm³/mol. The normalized spacial score (nSPS) is 26.2. The SMILES string of the molecule is CC1CCNC(C(=O)NCC(C)N(C)C)C1.Cl. The minimum Gasteiger partial charge on any atom is -0.353 e. The Morgan fingerprint density at radius 3 is 2.71 bits per heavy atom. The van der Waals surface area contributed by atoms with E-state index < -0.39 is 0 Å². The maximum Gasteiger partial charge on any atom is 0.237 e. The molecule has 3 unspecified atom stereocenters. The molecular weight excluding hydrogens is 238 g/mol. The number of nitrogens with zero attached hydrogens (tertiary/aromatic N) is 1. The third kappa shape index (κ3) is 5.70. The van der Waals surface area contributed by atoms with Gasteiger partial charge in [0.1, 0.15) is 0 Å². The molecule has 1 rings (SSSR count). The van der Waals surface area contributed by atoms with E-state index in [2.05, 4.69) is 29.4 Å². The monoisotopic (exact) mass is 263 g/mol. The van der Waals surface area contributed by atoms with Gasteiger partial charge in [-0.1, -0.05) is 6.92 Å². The molecule has 0 spiro atoms. The maximum absolute atomic E-state index is 11.9. The van der Waals surface area contributed by atoms with Crippen LogP contribution in [0.15, 0.2) is 0 Å².